The van der Waals surface area contributed by atoms with Gasteiger partial charge in [-0.05, 0) is 6.04 Å². The van der Waals surface area contributed by atoms with Crippen LogP contribution < -0.4 is 18.3 Å². The fourth-order valence-corrected chi connectivity index (χ4v) is 1.14. The molecule has 58 valence electrons. The Balaban J connectivity index is 0. The van der Waals surface area contributed by atoms with Gasteiger partial charge in [0.2, 0.25) is 0 Å². The number of halogens is 1. The molecule has 0 saturated carbocycles. The van der Waals surface area contributed by atoms with Gasteiger partial charge in [-0.15, -0.1) is 0 Å². The molecule has 0 aliphatic carbocycles. The summed E-state index contributed by atoms with van der Waals surface area (Å²) in [7, 11) is -0.843. The van der Waals surface area contributed by atoms with Gasteiger partial charge in [-0.25, -0.2) is 10.7 Å². The maximum atomic E-state index is 4.70. The molecule has 3 N–H and O–H groups in total. The van der Waals surface area contributed by atoms with Crippen molar-refractivity contribution in [3.8, 4) is 0 Å². The van der Waals surface area contributed by atoms with E-state index in [2.05, 4.69) is 25.5 Å². The first-order valence-electron chi connectivity index (χ1n) is 2.93. The summed E-state index contributed by atoms with van der Waals surface area (Å²) in [5.74, 6) is 3.31. The molecule has 0 bridgehead atoms. The van der Waals surface area contributed by atoms with Crippen LogP contribution in [0.25, 0.3) is 0 Å². The molecule has 0 radical (unpaired) electrons. The summed E-state index contributed by atoms with van der Waals surface area (Å²) in [6.07, 6.45) is 0. The second-order valence-corrected chi connectivity index (χ2v) is 8.84. The number of hydrogen-bond donors (Lipinski definition) is 1. The van der Waals surface area contributed by atoms with Crippen LogP contribution in [0.3, 0.4) is 0 Å². The highest BCUT2D eigenvalue weighted by atomic mass is 35.5. The van der Waals surface area contributed by atoms with Crippen molar-refractivity contribution in [1.29, 1.82) is 0 Å². The fraction of sp³-hybridized carbons (Fsp3) is 1.00. The standard InChI is InChI=1S/C5H16NOSi.ClH/c1-8(2,3)5-4-7-6;/h4-5H2,1-3,6H3;1H/q+1;/p-1. The summed E-state index contributed by atoms with van der Waals surface area (Å²) in [5, 5.41) is 0. The van der Waals surface area contributed by atoms with E-state index >= 15 is 0 Å². The van der Waals surface area contributed by atoms with E-state index in [-0.39, 0.29) is 12.4 Å². The van der Waals surface area contributed by atoms with Crippen LogP contribution in [0.2, 0.25) is 25.7 Å². The van der Waals surface area contributed by atoms with E-state index in [0.717, 1.165) is 6.61 Å². The molecule has 0 atom stereocenters. The third-order valence-corrected chi connectivity index (χ3v) is 2.70. The summed E-state index contributed by atoms with van der Waals surface area (Å²) in [4.78, 5) is 4.70. The summed E-state index contributed by atoms with van der Waals surface area (Å²) in [6, 6.07) is 1.22. The zero-order valence-corrected chi connectivity index (χ0v) is 8.16. The van der Waals surface area contributed by atoms with Crippen LogP contribution in [0.15, 0.2) is 0 Å². The van der Waals surface area contributed by atoms with Gasteiger partial charge in [0, 0.05) is 8.07 Å². The number of hydrogen-bond acceptors (Lipinski definition) is 1. The molecule has 0 unspecified atom stereocenters. The van der Waals surface area contributed by atoms with E-state index in [1.807, 2.05) is 0 Å². The zero-order valence-electron chi connectivity index (χ0n) is 6.41. The fourth-order valence-electron chi connectivity index (χ4n) is 0.378. The van der Waals surface area contributed by atoms with Gasteiger partial charge in [0.05, 0.1) is 0 Å². The second kappa shape index (κ2) is 5.23. The molecule has 0 spiro atoms. The molecule has 0 aromatic heterocycles. The molecule has 0 heterocycles. The lowest BCUT2D eigenvalue weighted by Crippen LogP contribution is -3.00. The van der Waals surface area contributed by atoms with Crippen LogP contribution in [0.5, 0.6) is 0 Å². The lowest BCUT2D eigenvalue weighted by atomic mass is 10.9. The Morgan fingerprint density at radius 2 is 1.78 bits per heavy atom. The van der Waals surface area contributed by atoms with E-state index in [4.69, 9.17) is 4.84 Å². The molecule has 9 heavy (non-hydrogen) atoms. The van der Waals surface area contributed by atoms with Crippen LogP contribution in [-0.2, 0) is 4.84 Å². The molecular weight excluding hydrogens is 154 g/mol. The Morgan fingerprint density at radius 3 is 1.89 bits per heavy atom. The van der Waals surface area contributed by atoms with Gasteiger partial charge >= 0.3 is 0 Å². The SMILES string of the molecule is C[Si](C)(C)CCO[NH3+].[Cl-]. The molecule has 0 aliphatic heterocycles. The molecule has 0 aromatic carbocycles. The van der Waals surface area contributed by atoms with Crippen molar-refractivity contribution in [2.75, 3.05) is 6.61 Å². The van der Waals surface area contributed by atoms with Gasteiger partial charge in [-0.2, -0.15) is 0 Å². The Morgan fingerprint density at radius 1 is 1.33 bits per heavy atom. The normalized spacial score (nSPS) is 10.7. The summed E-state index contributed by atoms with van der Waals surface area (Å²) >= 11 is 0. The van der Waals surface area contributed by atoms with E-state index in [1.54, 1.807) is 0 Å². The maximum Gasteiger partial charge on any atom is 0.104 e. The Hall–Kier alpha value is 0.427. The minimum atomic E-state index is -0.843. The predicted octanol–water partition coefficient (Wildman–Crippen LogP) is -2.50. The van der Waals surface area contributed by atoms with Gasteiger partial charge in [0.25, 0.3) is 0 Å². The van der Waals surface area contributed by atoms with E-state index in [9.17, 15) is 0 Å². The van der Waals surface area contributed by atoms with Crippen molar-refractivity contribution < 1.29 is 23.1 Å². The molecule has 4 heteroatoms. The first-order valence-corrected chi connectivity index (χ1v) is 6.64. The minimum Gasteiger partial charge on any atom is -1.00 e. The average Bonchev–Trinajstić information content (AvgIpc) is 1.59. The monoisotopic (exact) mass is 169 g/mol. The van der Waals surface area contributed by atoms with Crippen LogP contribution in [-0.4, -0.2) is 14.7 Å². The molecule has 0 aliphatic rings. The third kappa shape index (κ3) is 11.8. The van der Waals surface area contributed by atoms with Crippen molar-refractivity contribution in [2.45, 2.75) is 25.7 Å². The predicted molar refractivity (Wildman–Crippen MR) is 37.0 cm³/mol. The average molecular weight is 170 g/mol. The first-order chi connectivity index (χ1) is 3.56. The number of rotatable bonds is 3. The van der Waals surface area contributed by atoms with Crippen molar-refractivity contribution >= 4 is 8.07 Å². The first kappa shape index (κ1) is 12.1. The third-order valence-electron chi connectivity index (χ3n) is 0.996. The summed E-state index contributed by atoms with van der Waals surface area (Å²) in [6.45, 7) is 7.81. The van der Waals surface area contributed by atoms with E-state index in [0.29, 0.717) is 0 Å². The molecule has 0 amide bonds. The lowest BCUT2D eigenvalue weighted by Gasteiger charge is -2.12. The maximum absolute atomic E-state index is 4.70. The van der Waals surface area contributed by atoms with Crippen molar-refractivity contribution in [3.63, 3.8) is 0 Å². The van der Waals surface area contributed by atoms with Gasteiger partial charge < -0.3 is 12.4 Å². The Bertz CT molecular complexity index is 64.5. The van der Waals surface area contributed by atoms with Gasteiger partial charge in [-0.1, -0.05) is 19.6 Å². The highest BCUT2D eigenvalue weighted by molar-refractivity contribution is 6.76. The Labute approximate surface area is 64.1 Å². The van der Waals surface area contributed by atoms with Crippen LogP contribution in [0.4, 0.5) is 0 Å². The molecule has 0 saturated heterocycles. The Kier molecular flexibility index (Phi) is 7.05. The molecule has 0 fully saturated rings. The summed E-state index contributed by atoms with van der Waals surface area (Å²) < 4.78 is 0. The second-order valence-electron chi connectivity index (χ2n) is 3.22. The van der Waals surface area contributed by atoms with Crippen molar-refractivity contribution in [3.05, 3.63) is 0 Å². The quantitative estimate of drug-likeness (QED) is 0.368. The number of quaternary nitrogens is 1. The molecule has 0 rings (SSSR count). The van der Waals surface area contributed by atoms with Gasteiger partial charge in [0.1, 0.15) is 6.61 Å². The topological polar surface area (TPSA) is 36.9 Å². The van der Waals surface area contributed by atoms with Gasteiger partial charge in [-0.3, -0.25) is 0 Å². The molecule has 2 nitrogen and oxygen atoms in total. The highest BCUT2D eigenvalue weighted by Gasteiger charge is 2.11. The molecular formula is C5H16ClNOSi. The molecule has 0 aromatic rings. The largest absolute Gasteiger partial charge is 1.00 e. The smallest absolute Gasteiger partial charge is 0.104 e. The highest BCUT2D eigenvalue weighted by Crippen LogP contribution is 2.05. The van der Waals surface area contributed by atoms with Gasteiger partial charge in [0.15, 0.2) is 0 Å². The summed E-state index contributed by atoms with van der Waals surface area (Å²) in [5.41, 5.74) is 0. The van der Waals surface area contributed by atoms with E-state index < -0.39 is 8.07 Å². The van der Waals surface area contributed by atoms with Crippen LogP contribution in [0.1, 0.15) is 0 Å². The minimum absolute atomic E-state index is 0. The lowest BCUT2D eigenvalue weighted by molar-refractivity contribution is -0.688. The van der Waals surface area contributed by atoms with E-state index in [1.165, 1.54) is 6.04 Å². The zero-order chi connectivity index (χ0) is 6.62. The van der Waals surface area contributed by atoms with Crippen LogP contribution >= 0.6 is 0 Å². The van der Waals surface area contributed by atoms with Crippen molar-refractivity contribution in [1.82, 2.24) is 0 Å². The van der Waals surface area contributed by atoms with Crippen molar-refractivity contribution in [2.24, 2.45) is 0 Å². The van der Waals surface area contributed by atoms with Crippen LogP contribution in [0, 0.1) is 0 Å².